The van der Waals surface area contributed by atoms with E-state index in [0.717, 1.165) is 19.3 Å². The molecule has 0 spiro atoms. The van der Waals surface area contributed by atoms with Gasteiger partial charge in [-0.05, 0) is 55.7 Å². The minimum Gasteiger partial charge on any atom is -0.495 e. The van der Waals surface area contributed by atoms with Gasteiger partial charge in [-0.25, -0.2) is 8.42 Å². The van der Waals surface area contributed by atoms with E-state index >= 15 is 0 Å². The van der Waals surface area contributed by atoms with E-state index in [9.17, 15) is 13.2 Å². The minimum absolute atomic E-state index is 0.0410. The first-order chi connectivity index (χ1) is 13.3. The van der Waals surface area contributed by atoms with Crippen LogP contribution in [-0.4, -0.2) is 39.4 Å². The quantitative estimate of drug-likeness (QED) is 0.672. The van der Waals surface area contributed by atoms with Crippen LogP contribution in [0.25, 0.3) is 0 Å². The molecule has 3 rings (SSSR count). The molecule has 1 fully saturated rings. The maximum atomic E-state index is 13.0. The summed E-state index contributed by atoms with van der Waals surface area (Å²) in [5.74, 6) is -0.0168. The van der Waals surface area contributed by atoms with Crippen molar-refractivity contribution in [3.63, 3.8) is 0 Å². The van der Waals surface area contributed by atoms with Gasteiger partial charge < -0.3 is 9.64 Å². The lowest BCUT2D eigenvalue weighted by Gasteiger charge is -2.27. The number of halogens is 2. The maximum absolute atomic E-state index is 13.0. The number of methoxy groups -OCH3 is 1. The van der Waals surface area contributed by atoms with Gasteiger partial charge in [-0.2, -0.15) is 0 Å². The van der Waals surface area contributed by atoms with Crippen molar-refractivity contribution in [1.82, 2.24) is 4.90 Å². The lowest BCUT2D eigenvalue weighted by molar-refractivity contribution is 0.0725. The number of amides is 1. The third kappa shape index (κ3) is 4.61. The van der Waals surface area contributed by atoms with Crippen LogP contribution in [-0.2, 0) is 10.0 Å². The van der Waals surface area contributed by atoms with Crippen molar-refractivity contribution < 1.29 is 17.9 Å². The molecule has 2 aromatic rings. The largest absolute Gasteiger partial charge is 0.495 e. The van der Waals surface area contributed by atoms with Gasteiger partial charge in [0.2, 0.25) is 0 Å². The predicted octanol–water partition coefficient (Wildman–Crippen LogP) is 4.54. The molecule has 1 aliphatic heterocycles. The van der Waals surface area contributed by atoms with Crippen molar-refractivity contribution in [3.8, 4) is 5.75 Å². The van der Waals surface area contributed by atoms with E-state index in [-0.39, 0.29) is 27.8 Å². The Bertz CT molecular complexity index is 991. The molecule has 0 saturated carbocycles. The number of anilines is 1. The molecule has 2 aromatic carbocycles. The highest BCUT2D eigenvalue weighted by Gasteiger charge is 2.25. The van der Waals surface area contributed by atoms with Crippen molar-refractivity contribution in [2.45, 2.75) is 24.2 Å². The Morgan fingerprint density at radius 1 is 1.14 bits per heavy atom. The van der Waals surface area contributed by atoms with Crippen molar-refractivity contribution in [3.05, 3.63) is 51.5 Å². The molecule has 1 saturated heterocycles. The van der Waals surface area contributed by atoms with E-state index in [0.29, 0.717) is 22.6 Å². The van der Waals surface area contributed by atoms with Crippen LogP contribution in [0, 0.1) is 0 Å². The second-order valence-corrected chi connectivity index (χ2v) is 9.45. The van der Waals surface area contributed by atoms with Crippen molar-refractivity contribution >= 4 is 49.1 Å². The third-order valence-corrected chi connectivity index (χ3v) is 6.63. The van der Waals surface area contributed by atoms with Crippen molar-refractivity contribution in [2.24, 2.45) is 0 Å². The molecule has 1 heterocycles. The Balaban J connectivity index is 1.99. The van der Waals surface area contributed by atoms with E-state index in [2.05, 4.69) is 20.7 Å². The molecule has 0 aromatic heterocycles. The first kappa shape index (κ1) is 21.0. The fourth-order valence-electron chi connectivity index (χ4n) is 3.12. The number of nitrogens with zero attached hydrogens (tertiary/aromatic N) is 1. The van der Waals surface area contributed by atoms with Crippen molar-refractivity contribution in [1.29, 1.82) is 0 Å². The van der Waals surface area contributed by atoms with E-state index in [1.165, 1.54) is 19.2 Å². The number of likely N-dealkylation sites (tertiary alicyclic amines) is 1. The molecule has 28 heavy (non-hydrogen) atoms. The first-order valence-electron chi connectivity index (χ1n) is 8.77. The smallest absolute Gasteiger partial charge is 0.265 e. The molecule has 0 atom stereocenters. The number of carbonyl (C=O) groups excluding carboxylic acids is 1. The molecule has 9 heteroatoms. The normalized spacial score (nSPS) is 14.6. The Labute approximate surface area is 178 Å². The van der Waals surface area contributed by atoms with Crippen LogP contribution in [0.15, 0.2) is 45.8 Å². The second-order valence-electron chi connectivity index (χ2n) is 6.44. The maximum Gasteiger partial charge on any atom is 0.265 e. The highest BCUT2D eigenvalue weighted by Crippen LogP contribution is 2.31. The number of sulfonamides is 1. The number of hydrogen-bond acceptors (Lipinski definition) is 4. The van der Waals surface area contributed by atoms with Gasteiger partial charge in [0, 0.05) is 22.6 Å². The van der Waals surface area contributed by atoms with E-state index < -0.39 is 10.0 Å². The number of benzene rings is 2. The zero-order valence-corrected chi connectivity index (χ0v) is 18.4. The molecule has 1 amide bonds. The van der Waals surface area contributed by atoms with Crippen LogP contribution in [0.1, 0.15) is 29.6 Å². The molecular weight excluding hydrogens is 468 g/mol. The van der Waals surface area contributed by atoms with Gasteiger partial charge in [-0.3, -0.25) is 9.52 Å². The van der Waals surface area contributed by atoms with Gasteiger partial charge in [-0.15, -0.1) is 0 Å². The minimum atomic E-state index is -4.02. The topological polar surface area (TPSA) is 75.7 Å². The Kier molecular flexibility index (Phi) is 6.52. The number of carbonyl (C=O) groups is 1. The van der Waals surface area contributed by atoms with Crippen molar-refractivity contribution in [2.75, 3.05) is 24.9 Å². The SMILES string of the molecule is COc1ccc(Br)cc1S(=O)(=O)Nc1cc(Cl)ccc1C(=O)N1CCCCC1. The van der Waals surface area contributed by atoms with Gasteiger partial charge in [0.25, 0.3) is 15.9 Å². The highest BCUT2D eigenvalue weighted by atomic mass is 79.9. The standard InChI is InChI=1S/C19H20BrClN2O4S/c1-27-17-8-5-13(20)11-18(17)28(25,26)22-16-12-14(21)6-7-15(16)19(24)23-9-3-2-4-10-23/h5-8,11-12,22H,2-4,9-10H2,1H3. The number of rotatable bonds is 5. The average Bonchev–Trinajstić information content (AvgIpc) is 2.68. The fraction of sp³-hybridized carbons (Fsp3) is 0.316. The Hall–Kier alpha value is -1.77. The Morgan fingerprint density at radius 3 is 2.54 bits per heavy atom. The molecule has 1 N–H and O–H groups in total. The molecule has 150 valence electrons. The van der Waals surface area contributed by atoms with Crippen LogP contribution in [0.3, 0.4) is 0 Å². The second kappa shape index (κ2) is 8.71. The van der Waals surface area contributed by atoms with Crippen LogP contribution in [0.2, 0.25) is 5.02 Å². The van der Waals surface area contributed by atoms with Crippen LogP contribution < -0.4 is 9.46 Å². The molecule has 0 aliphatic carbocycles. The summed E-state index contributed by atoms with van der Waals surface area (Å²) in [4.78, 5) is 14.6. The van der Waals surface area contributed by atoms with E-state index in [4.69, 9.17) is 16.3 Å². The molecule has 0 unspecified atom stereocenters. The monoisotopic (exact) mass is 486 g/mol. The Morgan fingerprint density at radius 2 is 1.86 bits per heavy atom. The number of nitrogens with one attached hydrogen (secondary N) is 1. The molecule has 6 nitrogen and oxygen atoms in total. The third-order valence-electron chi connectivity index (χ3n) is 4.51. The van der Waals surface area contributed by atoms with Gasteiger partial charge in [0.1, 0.15) is 10.6 Å². The molecule has 0 bridgehead atoms. The van der Waals surface area contributed by atoms with E-state index in [1.54, 1.807) is 29.2 Å². The molecule has 1 aliphatic rings. The number of piperidine rings is 1. The lowest BCUT2D eigenvalue weighted by atomic mass is 10.1. The van der Waals surface area contributed by atoms with Gasteiger partial charge in [0.05, 0.1) is 18.4 Å². The number of ether oxygens (including phenoxy) is 1. The van der Waals surface area contributed by atoms with Crippen LogP contribution in [0.4, 0.5) is 5.69 Å². The predicted molar refractivity (Wildman–Crippen MR) is 113 cm³/mol. The fourth-order valence-corrected chi connectivity index (χ4v) is 5.07. The number of hydrogen-bond donors (Lipinski definition) is 1. The van der Waals surface area contributed by atoms with Gasteiger partial charge >= 0.3 is 0 Å². The summed E-state index contributed by atoms with van der Waals surface area (Å²) in [6.07, 6.45) is 2.97. The summed E-state index contributed by atoms with van der Waals surface area (Å²) in [7, 11) is -2.62. The highest BCUT2D eigenvalue weighted by molar-refractivity contribution is 9.10. The summed E-state index contributed by atoms with van der Waals surface area (Å²) >= 11 is 9.35. The summed E-state index contributed by atoms with van der Waals surface area (Å²) < 4.78 is 34.3. The lowest BCUT2D eigenvalue weighted by Crippen LogP contribution is -2.36. The molecular formula is C19H20BrClN2O4S. The zero-order chi connectivity index (χ0) is 20.3. The zero-order valence-electron chi connectivity index (χ0n) is 15.2. The summed E-state index contributed by atoms with van der Waals surface area (Å²) in [5, 5.41) is 0.328. The summed E-state index contributed by atoms with van der Waals surface area (Å²) in [6.45, 7) is 1.32. The van der Waals surface area contributed by atoms with Crippen LogP contribution in [0.5, 0.6) is 5.75 Å². The average molecular weight is 488 g/mol. The first-order valence-corrected chi connectivity index (χ1v) is 11.4. The van der Waals surface area contributed by atoms with Crippen LogP contribution >= 0.6 is 27.5 Å². The summed E-state index contributed by atoms with van der Waals surface area (Å²) in [5.41, 5.74) is 0.411. The van der Waals surface area contributed by atoms with E-state index in [1.807, 2.05) is 0 Å². The van der Waals surface area contributed by atoms with Gasteiger partial charge in [0.15, 0.2) is 0 Å². The summed E-state index contributed by atoms with van der Waals surface area (Å²) in [6, 6.07) is 9.25. The molecule has 0 radical (unpaired) electrons. The van der Waals surface area contributed by atoms with Gasteiger partial charge in [-0.1, -0.05) is 27.5 Å².